The van der Waals surface area contributed by atoms with E-state index in [4.69, 9.17) is 0 Å². The summed E-state index contributed by atoms with van der Waals surface area (Å²) in [5.74, 6) is 3.16. The first-order valence-corrected chi connectivity index (χ1v) is 23.4. The van der Waals surface area contributed by atoms with Crippen molar-refractivity contribution >= 4 is 22.7 Å². The molecule has 0 aliphatic heterocycles. The first kappa shape index (κ1) is 62.5. The molecular formula is C57H79Cu3N6. The van der Waals surface area contributed by atoms with E-state index in [1.54, 1.807) is 0 Å². The summed E-state index contributed by atoms with van der Waals surface area (Å²) in [6, 6.07) is 33.1. The van der Waals surface area contributed by atoms with E-state index in [0.29, 0.717) is 47.3 Å². The molecule has 5 rings (SSSR count). The van der Waals surface area contributed by atoms with Gasteiger partial charge in [0.1, 0.15) is 0 Å². The summed E-state index contributed by atoms with van der Waals surface area (Å²) >= 11 is 0. The standard InChI is InChI=1S/2C24H34N3.C9H11.3Cu/c2*1-15(2)19-11-9-12-20(16(3)4)23(19)25-27-26-24-21(17(5)6)13-10-14-22(24)18(7)8;1-7-4-8(2)6-9(3)5-7;;;/h2*9-18H,1-8H3;4-5H,1-3H3;;;/q3*-1;3*+1. The Labute approximate surface area is 433 Å². The van der Waals surface area contributed by atoms with Crippen LogP contribution in [0.25, 0.3) is 10.9 Å². The molecule has 0 spiro atoms. The van der Waals surface area contributed by atoms with Crippen molar-refractivity contribution in [2.45, 2.75) is 179 Å². The Hall–Kier alpha value is -3.54. The van der Waals surface area contributed by atoms with Crippen LogP contribution in [-0.2, 0) is 51.2 Å². The third kappa shape index (κ3) is 18.2. The summed E-state index contributed by atoms with van der Waals surface area (Å²) in [6.45, 7) is 41.4. The predicted molar refractivity (Wildman–Crippen MR) is 273 cm³/mol. The molecule has 0 saturated heterocycles. The fraction of sp³-hybridized carbons (Fsp3) is 0.474. The molecule has 0 aromatic heterocycles. The molecule has 0 amide bonds. The van der Waals surface area contributed by atoms with Gasteiger partial charge in [-0.25, -0.2) is 0 Å². The first-order valence-electron chi connectivity index (χ1n) is 23.4. The van der Waals surface area contributed by atoms with E-state index in [-0.39, 0.29) is 51.2 Å². The van der Waals surface area contributed by atoms with Crippen molar-refractivity contribution in [2.24, 2.45) is 20.7 Å². The predicted octanol–water partition coefficient (Wildman–Crippen LogP) is 20.2. The summed E-state index contributed by atoms with van der Waals surface area (Å²) < 4.78 is 0. The topological polar surface area (TPSA) is 77.6 Å². The van der Waals surface area contributed by atoms with Gasteiger partial charge >= 0.3 is 51.2 Å². The van der Waals surface area contributed by atoms with Gasteiger partial charge in [0, 0.05) is 0 Å². The molecule has 370 valence electrons. The van der Waals surface area contributed by atoms with Crippen molar-refractivity contribution in [3.8, 4) is 0 Å². The van der Waals surface area contributed by atoms with Crippen molar-refractivity contribution < 1.29 is 51.2 Å². The Balaban J connectivity index is 0.00000104. The van der Waals surface area contributed by atoms with Crippen molar-refractivity contribution in [1.29, 1.82) is 0 Å². The van der Waals surface area contributed by atoms with E-state index in [1.807, 2.05) is 0 Å². The Kier molecular flexibility index (Phi) is 28.4. The zero-order valence-electron chi connectivity index (χ0n) is 43.3. The van der Waals surface area contributed by atoms with Crippen LogP contribution in [0.1, 0.15) is 219 Å². The normalized spacial score (nSPS) is 11.3. The fourth-order valence-electron chi connectivity index (χ4n) is 7.84. The second-order valence-electron chi connectivity index (χ2n) is 19.5. The number of benzene rings is 5. The Morgan fingerprint density at radius 2 is 0.561 bits per heavy atom. The van der Waals surface area contributed by atoms with Gasteiger partial charge in [-0.3, -0.25) is 10.4 Å². The number of hydrogen-bond acceptors (Lipinski definition) is 4. The molecule has 0 unspecified atom stereocenters. The molecule has 0 aliphatic rings. The van der Waals surface area contributed by atoms with Crippen LogP contribution >= 0.6 is 0 Å². The number of hydrogen-bond donors (Lipinski definition) is 0. The van der Waals surface area contributed by atoms with E-state index in [1.165, 1.54) is 61.2 Å². The average Bonchev–Trinajstić information content (AvgIpc) is 3.20. The first-order chi connectivity index (χ1) is 29.7. The maximum absolute atomic E-state index is 4.60. The quantitative estimate of drug-likeness (QED) is 0.0460. The molecule has 0 radical (unpaired) electrons. The molecule has 5 aromatic rings. The van der Waals surface area contributed by atoms with Crippen LogP contribution in [0, 0.1) is 26.8 Å². The molecule has 0 aliphatic carbocycles. The largest absolute Gasteiger partial charge is 1.00 e. The molecule has 0 heterocycles. The van der Waals surface area contributed by atoms with Gasteiger partial charge < -0.3 is 21.1 Å². The summed E-state index contributed by atoms with van der Waals surface area (Å²) in [4.78, 5) is 0. The second-order valence-corrected chi connectivity index (χ2v) is 19.5. The van der Waals surface area contributed by atoms with Crippen LogP contribution in [0.2, 0.25) is 0 Å². The number of nitrogens with zero attached hydrogens (tertiary/aromatic N) is 6. The van der Waals surface area contributed by atoms with Crippen LogP contribution in [0.5, 0.6) is 0 Å². The van der Waals surface area contributed by atoms with Gasteiger partial charge in [-0.05, 0) is 115 Å². The van der Waals surface area contributed by atoms with Gasteiger partial charge in [0.25, 0.3) is 0 Å². The van der Waals surface area contributed by atoms with E-state index in [2.05, 4.69) is 254 Å². The number of aryl methyl sites for hydroxylation is 3. The Morgan fingerprint density at radius 3 is 0.758 bits per heavy atom. The minimum absolute atomic E-state index is 0. The van der Waals surface area contributed by atoms with Crippen molar-refractivity contribution in [3.05, 3.63) is 163 Å². The average molecular weight is 1040 g/mol. The van der Waals surface area contributed by atoms with Gasteiger partial charge in [-0.2, -0.15) is 34.9 Å². The second kappa shape index (κ2) is 30.1. The van der Waals surface area contributed by atoms with Crippen LogP contribution in [0.3, 0.4) is 0 Å². The zero-order valence-corrected chi connectivity index (χ0v) is 46.1. The van der Waals surface area contributed by atoms with Crippen molar-refractivity contribution in [1.82, 2.24) is 0 Å². The third-order valence-corrected chi connectivity index (χ3v) is 11.2. The van der Waals surface area contributed by atoms with E-state index in [0.717, 1.165) is 22.7 Å². The van der Waals surface area contributed by atoms with E-state index < -0.39 is 0 Å². The van der Waals surface area contributed by atoms with Crippen LogP contribution in [0.15, 0.2) is 106 Å². The monoisotopic (exact) mass is 1040 g/mol. The minimum atomic E-state index is 0. The molecular weight excluding hydrogens is 959 g/mol. The summed E-state index contributed by atoms with van der Waals surface area (Å²) in [7, 11) is 0. The molecule has 0 saturated carbocycles. The van der Waals surface area contributed by atoms with E-state index in [9.17, 15) is 0 Å². The smallest absolute Gasteiger partial charge is 0.350 e. The van der Waals surface area contributed by atoms with E-state index >= 15 is 0 Å². The maximum atomic E-state index is 4.60. The van der Waals surface area contributed by atoms with Crippen molar-refractivity contribution in [2.75, 3.05) is 0 Å². The summed E-state index contributed by atoms with van der Waals surface area (Å²) in [5, 5.41) is 17.9. The number of rotatable bonds is 14. The van der Waals surface area contributed by atoms with Gasteiger partial charge in [0.2, 0.25) is 0 Å². The molecule has 6 nitrogen and oxygen atoms in total. The van der Waals surface area contributed by atoms with Gasteiger partial charge in [0.15, 0.2) is 0 Å². The van der Waals surface area contributed by atoms with Crippen LogP contribution in [0.4, 0.5) is 22.7 Å². The SMILES string of the molecule is CC(C)c1cccc(C(C)C)c1N=N[N-]c1c(C(C)C)cccc1C(C)C.CC(C)c1cccc(C(C)C)c1N=N[N-]c1c(C(C)C)cccc1C(C)C.Cc1[c-]c(C)cc(C)c1.[Cu+].[Cu+].[Cu+]. The molecule has 0 atom stereocenters. The van der Waals surface area contributed by atoms with Crippen LogP contribution < -0.4 is 0 Å². The Bertz CT molecular complexity index is 1980. The van der Waals surface area contributed by atoms with Crippen molar-refractivity contribution in [3.63, 3.8) is 0 Å². The molecule has 0 fully saturated rings. The maximum Gasteiger partial charge on any atom is 1.00 e. The summed E-state index contributed by atoms with van der Waals surface area (Å²) in [5.41, 5.74) is 26.7. The third-order valence-electron chi connectivity index (χ3n) is 11.2. The molecule has 9 heteroatoms. The van der Waals surface area contributed by atoms with Gasteiger partial charge in [-0.15, -0.1) is 0 Å². The van der Waals surface area contributed by atoms with Gasteiger partial charge in [0.05, 0.1) is 0 Å². The molecule has 0 bridgehead atoms. The summed E-state index contributed by atoms with van der Waals surface area (Å²) in [6.07, 6.45) is 0. The molecule has 5 aromatic carbocycles. The molecule has 66 heavy (non-hydrogen) atoms. The fourth-order valence-corrected chi connectivity index (χ4v) is 7.84. The van der Waals surface area contributed by atoms with Crippen LogP contribution in [-0.4, -0.2) is 0 Å². The molecule has 0 N–H and O–H groups in total. The van der Waals surface area contributed by atoms with Gasteiger partial charge in [-0.1, -0.05) is 204 Å². The zero-order chi connectivity index (χ0) is 47.1. The Morgan fingerprint density at radius 1 is 0.348 bits per heavy atom. The minimum Gasteiger partial charge on any atom is -0.350 e.